The molecule has 0 radical (unpaired) electrons. The Morgan fingerprint density at radius 2 is 2.20 bits per heavy atom. The van der Waals surface area contributed by atoms with Crippen molar-refractivity contribution in [3.8, 4) is 0 Å². The predicted molar refractivity (Wildman–Crippen MR) is 62.4 cm³/mol. The van der Waals surface area contributed by atoms with Gasteiger partial charge in [-0.05, 0) is 43.2 Å². The lowest BCUT2D eigenvalue weighted by molar-refractivity contribution is 0.428. The summed E-state index contributed by atoms with van der Waals surface area (Å²) in [4.78, 5) is 4.31. The van der Waals surface area contributed by atoms with Gasteiger partial charge in [0.15, 0.2) is 0 Å². The maximum atomic E-state index is 6.27. The number of nitrogens with two attached hydrogens (primary N) is 1. The molecule has 2 heteroatoms. The van der Waals surface area contributed by atoms with E-state index in [0.29, 0.717) is 5.92 Å². The Kier molecular flexibility index (Phi) is 3.06. The Hall–Kier alpha value is -0.890. The van der Waals surface area contributed by atoms with Gasteiger partial charge in [-0.15, -0.1) is 0 Å². The van der Waals surface area contributed by atoms with E-state index in [9.17, 15) is 0 Å². The minimum atomic E-state index is 0.183. The number of nitrogens with zero attached hydrogens (tertiary/aromatic N) is 1. The monoisotopic (exact) mass is 204 g/mol. The van der Waals surface area contributed by atoms with Crippen LogP contribution in [0.2, 0.25) is 0 Å². The summed E-state index contributed by atoms with van der Waals surface area (Å²) >= 11 is 0. The average Bonchev–Trinajstić information content (AvgIpc) is 2.65. The first-order chi connectivity index (χ1) is 7.16. The standard InChI is InChI=1S/C13H20N2/c1-9-3-5-11(7-9)13(14)12-6-4-10(2)15-8-12/h4,6,8-9,11,13H,3,5,7,14H2,1-2H3. The van der Waals surface area contributed by atoms with Crippen LogP contribution in [0.3, 0.4) is 0 Å². The van der Waals surface area contributed by atoms with E-state index in [-0.39, 0.29) is 6.04 Å². The molecular formula is C13H20N2. The van der Waals surface area contributed by atoms with Crippen molar-refractivity contribution in [1.29, 1.82) is 0 Å². The third-order valence-electron chi connectivity index (χ3n) is 3.56. The molecule has 2 nitrogen and oxygen atoms in total. The van der Waals surface area contributed by atoms with Crippen molar-refractivity contribution in [2.75, 3.05) is 0 Å². The van der Waals surface area contributed by atoms with Gasteiger partial charge in [-0.1, -0.05) is 19.4 Å². The molecule has 3 unspecified atom stereocenters. The second-order valence-electron chi connectivity index (χ2n) is 4.94. The molecule has 2 rings (SSSR count). The molecule has 3 atom stereocenters. The lowest BCUT2D eigenvalue weighted by Crippen LogP contribution is -2.19. The highest BCUT2D eigenvalue weighted by Gasteiger charge is 2.27. The SMILES string of the molecule is Cc1ccc(C(N)C2CCC(C)C2)cn1. The van der Waals surface area contributed by atoms with Crippen LogP contribution in [0, 0.1) is 18.8 Å². The fraction of sp³-hybridized carbons (Fsp3) is 0.615. The van der Waals surface area contributed by atoms with Gasteiger partial charge in [0.1, 0.15) is 0 Å². The van der Waals surface area contributed by atoms with E-state index in [1.807, 2.05) is 19.2 Å². The largest absolute Gasteiger partial charge is 0.324 e. The van der Waals surface area contributed by atoms with Crippen LogP contribution in [0.25, 0.3) is 0 Å². The second-order valence-corrected chi connectivity index (χ2v) is 4.94. The van der Waals surface area contributed by atoms with E-state index < -0.39 is 0 Å². The summed E-state index contributed by atoms with van der Waals surface area (Å²) in [5, 5.41) is 0. The summed E-state index contributed by atoms with van der Waals surface area (Å²) < 4.78 is 0. The Labute approximate surface area is 91.9 Å². The van der Waals surface area contributed by atoms with E-state index >= 15 is 0 Å². The van der Waals surface area contributed by atoms with Gasteiger partial charge in [0.2, 0.25) is 0 Å². The van der Waals surface area contributed by atoms with Crippen molar-refractivity contribution in [1.82, 2.24) is 4.98 Å². The maximum Gasteiger partial charge on any atom is 0.0372 e. The Morgan fingerprint density at radius 3 is 2.73 bits per heavy atom. The number of hydrogen-bond acceptors (Lipinski definition) is 2. The molecule has 1 aromatic rings. The minimum absolute atomic E-state index is 0.183. The van der Waals surface area contributed by atoms with Crippen molar-refractivity contribution >= 4 is 0 Å². The first-order valence-corrected chi connectivity index (χ1v) is 5.85. The van der Waals surface area contributed by atoms with E-state index in [0.717, 1.165) is 11.6 Å². The molecule has 0 bridgehead atoms. The fourth-order valence-corrected chi connectivity index (χ4v) is 2.53. The van der Waals surface area contributed by atoms with Gasteiger partial charge in [0, 0.05) is 17.9 Å². The van der Waals surface area contributed by atoms with Crippen LogP contribution < -0.4 is 5.73 Å². The molecular weight excluding hydrogens is 184 g/mol. The molecule has 1 aliphatic carbocycles. The van der Waals surface area contributed by atoms with Gasteiger partial charge >= 0.3 is 0 Å². The Bertz CT molecular complexity index is 318. The molecule has 15 heavy (non-hydrogen) atoms. The van der Waals surface area contributed by atoms with Crippen LogP contribution in [0.4, 0.5) is 0 Å². The quantitative estimate of drug-likeness (QED) is 0.804. The zero-order valence-electron chi connectivity index (χ0n) is 9.61. The number of hydrogen-bond donors (Lipinski definition) is 1. The fourth-order valence-electron chi connectivity index (χ4n) is 2.53. The maximum absolute atomic E-state index is 6.27. The van der Waals surface area contributed by atoms with Crippen molar-refractivity contribution < 1.29 is 0 Å². The van der Waals surface area contributed by atoms with Gasteiger partial charge in [-0.25, -0.2) is 0 Å². The zero-order chi connectivity index (χ0) is 10.8. The van der Waals surface area contributed by atoms with Gasteiger partial charge < -0.3 is 5.73 Å². The molecule has 0 aromatic carbocycles. The van der Waals surface area contributed by atoms with Crippen LogP contribution in [-0.2, 0) is 0 Å². The molecule has 1 fully saturated rings. The third-order valence-corrected chi connectivity index (χ3v) is 3.56. The van der Waals surface area contributed by atoms with Crippen LogP contribution in [0.5, 0.6) is 0 Å². The highest BCUT2D eigenvalue weighted by Crippen LogP contribution is 2.37. The van der Waals surface area contributed by atoms with Gasteiger partial charge in [-0.2, -0.15) is 0 Å². The van der Waals surface area contributed by atoms with Crippen molar-refractivity contribution in [3.05, 3.63) is 29.6 Å². The van der Waals surface area contributed by atoms with Crippen molar-refractivity contribution in [2.45, 2.75) is 39.2 Å². The first kappa shape index (κ1) is 10.6. The highest BCUT2D eigenvalue weighted by molar-refractivity contribution is 5.17. The van der Waals surface area contributed by atoms with Gasteiger partial charge in [0.05, 0.1) is 0 Å². The Balaban J connectivity index is 2.07. The van der Waals surface area contributed by atoms with Gasteiger partial charge in [-0.3, -0.25) is 4.98 Å². The van der Waals surface area contributed by atoms with Crippen molar-refractivity contribution in [3.63, 3.8) is 0 Å². The Morgan fingerprint density at radius 1 is 1.40 bits per heavy atom. The van der Waals surface area contributed by atoms with Crippen LogP contribution in [0.15, 0.2) is 18.3 Å². The lowest BCUT2D eigenvalue weighted by Gasteiger charge is -2.19. The summed E-state index contributed by atoms with van der Waals surface area (Å²) in [6.07, 6.45) is 5.81. The number of aryl methyl sites for hydroxylation is 1. The predicted octanol–water partition coefficient (Wildman–Crippen LogP) is 2.83. The average molecular weight is 204 g/mol. The third kappa shape index (κ3) is 2.37. The molecule has 0 spiro atoms. The molecule has 1 aromatic heterocycles. The first-order valence-electron chi connectivity index (χ1n) is 5.85. The molecule has 1 aliphatic rings. The van der Waals surface area contributed by atoms with Crippen LogP contribution in [-0.4, -0.2) is 4.98 Å². The number of pyridine rings is 1. The molecule has 0 aliphatic heterocycles. The van der Waals surface area contributed by atoms with E-state index in [4.69, 9.17) is 5.73 Å². The summed E-state index contributed by atoms with van der Waals surface area (Å²) in [5.74, 6) is 1.50. The molecule has 2 N–H and O–H groups in total. The summed E-state index contributed by atoms with van der Waals surface area (Å²) in [6, 6.07) is 4.35. The molecule has 1 saturated carbocycles. The number of rotatable bonds is 2. The van der Waals surface area contributed by atoms with Crippen LogP contribution in [0.1, 0.15) is 43.5 Å². The molecule has 82 valence electrons. The molecule has 0 amide bonds. The lowest BCUT2D eigenvalue weighted by atomic mass is 9.92. The minimum Gasteiger partial charge on any atom is -0.324 e. The summed E-state index contributed by atoms with van der Waals surface area (Å²) in [7, 11) is 0. The normalized spacial score (nSPS) is 27.9. The summed E-state index contributed by atoms with van der Waals surface area (Å²) in [6.45, 7) is 4.33. The molecule has 0 saturated heterocycles. The van der Waals surface area contributed by atoms with E-state index in [2.05, 4.69) is 18.0 Å². The van der Waals surface area contributed by atoms with Crippen LogP contribution >= 0.6 is 0 Å². The highest BCUT2D eigenvalue weighted by atomic mass is 14.7. The van der Waals surface area contributed by atoms with Crippen molar-refractivity contribution in [2.24, 2.45) is 17.6 Å². The van der Waals surface area contributed by atoms with E-state index in [1.165, 1.54) is 24.8 Å². The summed E-state index contributed by atoms with van der Waals surface area (Å²) in [5.41, 5.74) is 8.53. The molecule has 1 heterocycles. The van der Waals surface area contributed by atoms with Gasteiger partial charge in [0.25, 0.3) is 0 Å². The van der Waals surface area contributed by atoms with E-state index in [1.54, 1.807) is 0 Å². The smallest absolute Gasteiger partial charge is 0.0372 e. The number of aromatic nitrogens is 1. The topological polar surface area (TPSA) is 38.9 Å². The zero-order valence-corrected chi connectivity index (χ0v) is 9.61. The second kappa shape index (κ2) is 4.31.